The first-order valence-corrected chi connectivity index (χ1v) is 7.71. The molecular formula is C13H20ClNO2S. The van der Waals surface area contributed by atoms with Crippen molar-refractivity contribution in [3.8, 4) is 0 Å². The second kappa shape index (κ2) is 5.06. The Morgan fingerprint density at radius 3 is 2.83 bits per heavy atom. The van der Waals surface area contributed by atoms with Gasteiger partial charge in [-0.3, -0.25) is 4.79 Å². The lowest BCUT2D eigenvalue weighted by Crippen LogP contribution is -2.50. The van der Waals surface area contributed by atoms with Gasteiger partial charge in [0.15, 0.2) is 0 Å². The van der Waals surface area contributed by atoms with Gasteiger partial charge in [0.2, 0.25) is 5.91 Å². The van der Waals surface area contributed by atoms with Crippen molar-refractivity contribution in [1.29, 1.82) is 0 Å². The van der Waals surface area contributed by atoms with E-state index in [-0.39, 0.29) is 17.7 Å². The van der Waals surface area contributed by atoms with E-state index in [1.54, 1.807) is 0 Å². The smallest absolute Gasteiger partial charge is 0.239 e. The summed E-state index contributed by atoms with van der Waals surface area (Å²) in [5, 5.41) is 13.4. The third-order valence-corrected chi connectivity index (χ3v) is 5.78. The fraction of sp³-hybridized carbons (Fsp3) is 0.769. The number of fused-ring (bicyclic) bond motifs is 1. The van der Waals surface area contributed by atoms with Crippen LogP contribution in [0.4, 0.5) is 0 Å². The summed E-state index contributed by atoms with van der Waals surface area (Å²) in [6.07, 6.45) is 0.171. The molecule has 0 aromatic carbocycles. The van der Waals surface area contributed by atoms with Crippen LogP contribution in [-0.4, -0.2) is 34.3 Å². The highest BCUT2D eigenvalue weighted by Crippen LogP contribution is 2.56. The van der Waals surface area contributed by atoms with Crippen molar-refractivity contribution < 1.29 is 9.90 Å². The molecule has 0 aromatic heterocycles. The molecular weight excluding hydrogens is 270 g/mol. The molecule has 0 saturated carbocycles. The summed E-state index contributed by atoms with van der Waals surface area (Å²) in [5.41, 5.74) is 1.24. The number of carbonyl (C=O) groups excluding carboxylic acids is 1. The van der Waals surface area contributed by atoms with Crippen LogP contribution in [0.1, 0.15) is 27.2 Å². The Balaban J connectivity index is 2.38. The molecule has 0 unspecified atom stereocenters. The first-order valence-electron chi connectivity index (χ1n) is 6.36. The molecule has 3 nitrogen and oxygen atoms in total. The average molecular weight is 290 g/mol. The maximum absolute atomic E-state index is 12.3. The summed E-state index contributed by atoms with van der Waals surface area (Å²) in [4.78, 5) is 13.4. The van der Waals surface area contributed by atoms with Gasteiger partial charge in [0, 0.05) is 18.3 Å². The molecule has 3 atom stereocenters. The SMILES string of the molecule is CC1=C(CCCl)[C@@H]2CNC(=O)[C@]2([C@@H](O)C(C)C)S1. The molecule has 1 fully saturated rings. The highest BCUT2D eigenvalue weighted by molar-refractivity contribution is 8.05. The Morgan fingerprint density at radius 2 is 2.28 bits per heavy atom. The zero-order valence-corrected chi connectivity index (χ0v) is 12.6. The maximum atomic E-state index is 12.3. The van der Waals surface area contributed by atoms with Crippen LogP contribution >= 0.6 is 23.4 Å². The molecule has 1 amide bonds. The molecule has 102 valence electrons. The van der Waals surface area contributed by atoms with Gasteiger partial charge < -0.3 is 10.4 Å². The molecule has 1 saturated heterocycles. The highest BCUT2D eigenvalue weighted by atomic mass is 35.5. The number of aliphatic hydroxyl groups is 1. The molecule has 0 aromatic rings. The minimum absolute atomic E-state index is 0.0253. The van der Waals surface area contributed by atoms with Crippen molar-refractivity contribution in [3.63, 3.8) is 0 Å². The van der Waals surface area contributed by atoms with Gasteiger partial charge in [0.1, 0.15) is 4.75 Å². The zero-order valence-electron chi connectivity index (χ0n) is 11.0. The zero-order chi connectivity index (χ0) is 13.5. The number of thioether (sulfide) groups is 1. The van der Waals surface area contributed by atoms with Gasteiger partial charge in [-0.05, 0) is 24.2 Å². The average Bonchev–Trinajstić information content (AvgIpc) is 2.77. The van der Waals surface area contributed by atoms with Gasteiger partial charge in [-0.25, -0.2) is 0 Å². The van der Waals surface area contributed by atoms with Crippen molar-refractivity contribution in [3.05, 3.63) is 10.5 Å². The predicted molar refractivity (Wildman–Crippen MR) is 75.7 cm³/mol. The maximum Gasteiger partial charge on any atom is 0.239 e. The molecule has 2 heterocycles. The second-order valence-electron chi connectivity index (χ2n) is 5.37. The lowest BCUT2D eigenvalue weighted by Gasteiger charge is -2.34. The predicted octanol–water partition coefficient (Wildman–Crippen LogP) is 2.14. The molecule has 18 heavy (non-hydrogen) atoms. The van der Waals surface area contributed by atoms with Crippen LogP contribution < -0.4 is 5.32 Å². The number of hydrogen-bond acceptors (Lipinski definition) is 3. The molecule has 0 spiro atoms. The highest BCUT2D eigenvalue weighted by Gasteiger charge is 2.60. The minimum Gasteiger partial charge on any atom is -0.391 e. The van der Waals surface area contributed by atoms with Crippen LogP contribution in [0.25, 0.3) is 0 Å². The van der Waals surface area contributed by atoms with E-state index in [4.69, 9.17) is 11.6 Å². The Morgan fingerprint density at radius 1 is 1.61 bits per heavy atom. The van der Waals surface area contributed by atoms with Gasteiger partial charge in [0.05, 0.1) is 6.10 Å². The Hall–Kier alpha value is -0.190. The van der Waals surface area contributed by atoms with E-state index in [2.05, 4.69) is 5.32 Å². The van der Waals surface area contributed by atoms with Crippen molar-refractivity contribution in [1.82, 2.24) is 5.32 Å². The Labute approximate surface area is 117 Å². The van der Waals surface area contributed by atoms with Crippen LogP contribution in [-0.2, 0) is 4.79 Å². The minimum atomic E-state index is -0.723. The van der Waals surface area contributed by atoms with Gasteiger partial charge in [-0.15, -0.1) is 23.4 Å². The van der Waals surface area contributed by atoms with Crippen molar-refractivity contribution in [2.24, 2.45) is 11.8 Å². The van der Waals surface area contributed by atoms with E-state index in [0.717, 1.165) is 11.3 Å². The third kappa shape index (κ3) is 1.89. The number of amides is 1. The quantitative estimate of drug-likeness (QED) is 0.780. The number of halogens is 1. The largest absolute Gasteiger partial charge is 0.391 e. The van der Waals surface area contributed by atoms with E-state index >= 15 is 0 Å². The van der Waals surface area contributed by atoms with E-state index < -0.39 is 10.9 Å². The third-order valence-electron chi connectivity index (χ3n) is 3.97. The monoisotopic (exact) mass is 289 g/mol. The van der Waals surface area contributed by atoms with Gasteiger partial charge >= 0.3 is 0 Å². The molecule has 5 heteroatoms. The number of carbonyl (C=O) groups is 1. The lowest BCUT2D eigenvalue weighted by molar-refractivity contribution is -0.124. The Bertz CT molecular complexity index is 396. The molecule has 0 aliphatic carbocycles. The first-order chi connectivity index (χ1) is 8.45. The molecule has 2 aliphatic heterocycles. The number of rotatable bonds is 4. The van der Waals surface area contributed by atoms with Crippen LogP contribution in [0, 0.1) is 11.8 Å². The summed E-state index contributed by atoms with van der Waals surface area (Å²) in [5.74, 6) is 0.687. The van der Waals surface area contributed by atoms with Gasteiger partial charge in [-0.1, -0.05) is 19.4 Å². The van der Waals surface area contributed by atoms with E-state index in [0.29, 0.717) is 12.4 Å². The number of allylic oxidation sites excluding steroid dienone is 1. The van der Waals surface area contributed by atoms with Crippen molar-refractivity contribution in [2.75, 3.05) is 12.4 Å². The van der Waals surface area contributed by atoms with E-state index in [9.17, 15) is 9.90 Å². The van der Waals surface area contributed by atoms with Crippen LogP contribution in [0.5, 0.6) is 0 Å². The van der Waals surface area contributed by atoms with Crippen LogP contribution in [0.15, 0.2) is 10.5 Å². The molecule has 0 bridgehead atoms. The number of nitrogens with one attached hydrogen (secondary N) is 1. The number of aliphatic hydroxyl groups excluding tert-OH is 1. The normalized spacial score (nSPS) is 33.0. The molecule has 2 N–H and O–H groups in total. The summed E-state index contributed by atoms with van der Waals surface area (Å²) < 4.78 is -0.723. The first kappa shape index (κ1) is 14.2. The lowest BCUT2D eigenvalue weighted by atomic mass is 9.79. The summed E-state index contributed by atoms with van der Waals surface area (Å²) >= 11 is 7.39. The molecule has 2 rings (SSSR count). The van der Waals surface area contributed by atoms with Gasteiger partial charge in [0.25, 0.3) is 0 Å². The van der Waals surface area contributed by atoms with E-state index in [1.807, 2.05) is 20.8 Å². The summed E-state index contributed by atoms with van der Waals surface area (Å²) in [7, 11) is 0. The second-order valence-corrected chi connectivity index (χ2v) is 7.24. The number of hydrogen-bond donors (Lipinski definition) is 2. The number of alkyl halides is 1. The molecule has 0 radical (unpaired) electrons. The Kier molecular flexibility index (Phi) is 4.00. The van der Waals surface area contributed by atoms with Gasteiger partial charge in [-0.2, -0.15) is 0 Å². The fourth-order valence-electron chi connectivity index (χ4n) is 3.05. The topological polar surface area (TPSA) is 49.3 Å². The molecule has 2 aliphatic rings. The standard InChI is InChI=1S/C13H20ClNO2S/c1-7(2)11(16)13-10(6-15-12(13)17)9(4-5-14)8(3)18-13/h7,10-11,16H,4-6H2,1-3H3,(H,15,17)/t10-,11-,13-/m0/s1. The van der Waals surface area contributed by atoms with Crippen molar-refractivity contribution in [2.45, 2.75) is 38.0 Å². The fourth-order valence-corrected chi connectivity index (χ4v) is 5.07. The van der Waals surface area contributed by atoms with Crippen LogP contribution in [0.2, 0.25) is 0 Å². The van der Waals surface area contributed by atoms with Crippen molar-refractivity contribution >= 4 is 29.3 Å². The summed E-state index contributed by atoms with van der Waals surface area (Å²) in [6.45, 7) is 6.57. The summed E-state index contributed by atoms with van der Waals surface area (Å²) in [6, 6.07) is 0. The van der Waals surface area contributed by atoms with E-state index in [1.165, 1.54) is 17.3 Å². The van der Waals surface area contributed by atoms with Crippen LogP contribution in [0.3, 0.4) is 0 Å².